The van der Waals surface area contributed by atoms with Gasteiger partial charge in [0.15, 0.2) is 0 Å². The number of anilines is 1. The number of hydrogen-bond donors (Lipinski definition) is 1. The molecule has 0 bridgehead atoms. The zero-order valence-corrected chi connectivity index (χ0v) is 7.99. The first-order valence-corrected chi connectivity index (χ1v) is 5.09. The maximum Gasteiger partial charge on any atom is 0.224 e. The van der Waals surface area contributed by atoms with E-state index in [2.05, 4.69) is 12.2 Å². The number of nitrogens with one attached hydrogen (secondary N) is 1. The van der Waals surface area contributed by atoms with Gasteiger partial charge in [0.1, 0.15) is 0 Å². The molecule has 0 atom stereocenters. The lowest BCUT2D eigenvalue weighted by atomic mass is 10.2. The van der Waals surface area contributed by atoms with Crippen LogP contribution in [0.5, 0.6) is 0 Å². The topological polar surface area (TPSA) is 29.1 Å². The second-order valence-electron chi connectivity index (χ2n) is 2.66. The van der Waals surface area contributed by atoms with E-state index in [-0.39, 0.29) is 5.91 Å². The van der Waals surface area contributed by atoms with Crippen molar-refractivity contribution in [3.05, 3.63) is 16.8 Å². The quantitative estimate of drug-likeness (QED) is 0.764. The van der Waals surface area contributed by atoms with E-state index in [4.69, 9.17) is 0 Å². The first kappa shape index (κ1) is 9.26. The Morgan fingerprint density at radius 3 is 3.08 bits per heavy atom. The summed E-state index contributed by atoms with van der Waals surface area (Å²) in [6.45, 7) is 2.08. The van der Waals surface area contributed by atoms with Gasteiger partial charge < -0.3 is 5.32 Å². The number of unbranched alkanes of at least 4 members (excludes halogenated alkanes) is 1. The molecule has 2 nitrogen and oxygen atoms in total. The lowest BCUT2D eigenvalue weighted by Crippen LogP contribution is -2.09. The Morgan fingerprint density at radius 1 is 1.67 bits per heavy atom. The molecule has 0 aliphatic heterocycles. The molecule has 0 unspecified atom stereocenters. The molecule has 1 rings (SSSR count). The van der Waals surface area contributed by atoms with E-state index in [0.29, 0.717) is 6.42 Å². The molecule has 1 N–H and O–H groups in total. The van der Waals surface area contributed by atoms with Gasteiger partial charge >= 0.3 is 0 Å². The molecule has 0 spiro atoms. The van der Waals surface area contributed by atoms with Crippen molar-refractivity contribution in [1.82, 2.24) is 0 Å². The van der Waals surface area contributed by atoms with Crippen LogP contribution in [0, 0.1) is 0 Å². The summed E-state index contributed by atoms with van der Waals surface area (Å²) in [7, 11) is 0. The van der Waals surface area contributed by atoms with Crippen molar-refractivity contribution in [1.29, 1.82) is 0 Å². The molecule has 1 heterocycles. The van der Waals surface area contributed by atoms with Crippen LogP contribution in [0.25, 0.3) is 0 Å². The van der Waals surface area contributed by atoms with Gasteiger partial charge in [-0.2, -0.15) is 11.3 Å². The minimum atomic E-state index is 0.121. The summed E-state index contributed by atoms with van der Waals surface area (Å²) in [5, 5.41) is 6.72. The fourth-order valence-electron chi connectivity index (χ4n) is 0.896. The van der Waals surface area contributed by atoms with Gasteiger partial charge in [0.2, 0.25) is 5.91 Å². The highest BCUT2D eigenvalue weighted by molar-refractivity contribution is 7.08. The van der Waals surface area contributed by atoms with Crippen molar-refractivity contribution in [3.8, 4) is 0 Å². The number of hydrogen-bond acceptors (Lipinski definition) is 2. The van der Waals surface area contributed by atoms with E-state index in [1.54, 1.807) is 11.3 Å². The van der Waals surface area contributed by atoms with Crippen molar-refractivity contribution >= 4 is 22.9 Å². The highest BCUT2D eigenvalue weighted by Gasteiger charge is 2.00. The minimum Gasteiger partial charge on any atom is -0.325 e. The molecule has 0 saturated heterocycles. The third-order valence-corrected chi connectivity index (χ3v) is 2.25. The van der Waals surface area contributed by atoms with E-state index in [0.717, 1.165) is 18.5 Å². The van der Waals surface area contributed by atoms with E-state index in [1.807, 2.05) is 16.8 Å². The summed E-state index contributed by atoms with van der Waals surface area (Å²) in [4.78, 5) is 11.2. The van der Waals surface area contributed by atoms with Crippen LogP contribution in [-0.2, 0) is 4.79 Å². The summed E-state index contributed by atoms with van der Waals surface area (Å²) in [6.07, 6.45) is 2.67. The maximum atomic E-state index is 11.2. The predicted octanol–water partition coefficient (Wildman–Crippen LogP) is 2.88. The Kier molecular flexibility index (Phi) is 3.80. The summed E-state index contributed by atoms with van der Waals surface area (Å²) < 4.78 is 0. The molecule has 0 radical (unpaired) electrons. The Morgan fingerprint density at radius 2 is 2.50 bits per heavy atom. The third-order valence-electron chi connectivity index (χ3n) is 1.56. The molecule has 66 valence electrons. The van der Waals surface area contributed by atoms with Gasteiger partial charge in [0.25, 0.3) is 0 Å². The first-order chi connectivity index (χ1) is 5.83. The Balaban J connectivity index is 2.27. The SMILES string of the molecule is CCCCC(=O)Nc1ccsc1. The fraction of sp³-hybridized carbons (Fsp3) is 0.444. The summed E-state index contributed by atoms with van der Waals surface area (Å²) in [5.74, 6) is 0.121. The van der Waals surface area contributed by atoms with E-state index >= 15 is 0 Å². The number of carbonyl (C=O) groups excluding carboxylic acids is 1. The first-order valence-electron chi connectivity index (χ1n) is 4.15. The van der Waals surface area contributed by atoms with Crippen LogP contribution >= 0.6 is 11.3 Å². The van der Waals surface area contributed by atoms with Crippen LogP contribution in [0.2, 0.25) is 0 Å². The second-order valence-corrected chi connectivity index (χ2v) is 3.44. The van der Waals surface area contributed by atoms with E-state index in [9.17, 15) is 4.79 Å². The summed E-state index contributed by atoms with van der Waals surface area (Å²) >= 11 is 1.59. The zero-order chi connectivity index (χ0) is 8.81. The van der Waals surface area contributed by atoms with Gasteiger partial charge in [-0.25, -0.2) is 0 Å². The molecule has 0 fully saturated rings. The fourth-order valence-corrected chi connectivity index (χ4v) is 1.48. The minimum absolute atomic E-state index is 0.121. The number of amides is 1. The normalized spacial score (nSPS) is 9.75. The van der Waals surface area contributed by atoms with Crippen molar-refractivity contribution < 1.29 is 4.79 Å². The molecule has 0 aliphatic carbocycles. The Bertz CT molecular complexity index is 231. The van der Waals surface area contributed by atoms with Crippen LogP contribution in [-0.4, -0.2) is 5.91 Å². The number of carbonyl (C=O) groups is 1. The summed E-state index contributed by atoms with van der Waals surface area (Å²) in [6, 6.07) is 1.91. The van der Waals surface area contributed by atoms with Crippen molar-refractivity contribution in [2.45, 2.75) is 26.2 Å². The predicted molar refractivity (Wildman–Crippen MR) is 52.5 cm³/mol. The van der Waals surface area contributed by atoms with E-state index in [1.165, 1.54) is 0 Å². The summed E-state index contributed by atoms with van der Waals surface area (Å²) in [5.41, 5.74) is 0.918. The molecule has 3 heteroatoms. The van der Waals surface area contributed by atoms with Gasteiger partial charge in [-0.05, 0) is 17.9 Å². The van der Waals surface area contributed by atoms with Crippen molar-refractivity contribution in [2.24, 2.45) is 0 Å². The third kappa shape index (κ3) is 3.05. The van der Waals surface area contributed by atoms with Crippen molar-refractivity contribution in [2.75, 3.05) is 5.32 Å². The average molecular weight is 183 g/mol. The average Bonchev–Trinajstić information content (AvgIpc) is 2.53. The van der Waals surface area contributed by atoms with Crippen LogP contribution < -0.4 is 5.32 Å². The van der Waals surface area contributed by atoms with Crippen LogP contribution in [0.15, 0.2) is 16.8 Å². The monoisotopic (exact) mass is 183 g/mol. The number of rotatable bonds is 4. The lowest BCUT2D eigenvalue weighted by molar-refractivity contribution is -0.116. The van der Waals surface area contributed by atoms with Gasteiger partial charge in [-0.1, -0.05) is 13.3 Å². The van der Waals surface area contributed by atoms with Crippen LogP contribution in [0.1, 0.15) is 26.2 Å². The highest BCUT2D eigenvalue weighted by atomic mass is 32.1. The molecule has 1 aromatic heterocycles. The highest BCUT2D eigenvalue weighted by Crippen LogP contribution is 2.12. The standard InChI is InChI=1S/C9H13NOS/c1-2-3-4-9(11)10-8-5-6-12-7-8/h5-7H,2-4H2,1H3,(H,10,11). The largest absolute Gasteiger partial charge is 0.325 e. The lowest BCUT2D eigenvalue weighted by Gasteiger charge is -2.00. The van der Waals surface area contributed by atoms with Crippen LogP contribution in [0.4, 0.5) is 5.69 Å². The molecule has 0 aliphatic rings. The van der Waals surface area contributed by atoms with Crippen molar-refractivity contribution in [3.63, 3.8) is 0 Å². The zero-order valence-electron chi connectivity index (χ0n) is 7.17. The van der Waals surface area contributed by atoms with Gasteiger partial charge in [-0.15, -0.1) is 0 Å². The second kappa shape index (κ2) is 4.93. The Labute approximate surface area is 76.6 Å². The maximum absolute atomic E-state index is 11.2. The van der Waals surface area contributed by atoms with Gasteiger partial charge in [-0.3, -0.25) is 4.79 Å². The molecular weight excluding hydrogens is 170 g/mol. The van der Waals surface area contributed by atoms with E-state index < -0.39 is 0 Å². The molecule has 12 heavy (non-hydrogen) atoms. The molecular formula is C9H13NOS. The Hall–Kier alpha value is -0.830. The molecule has 0 aromatic carbocycles. The van der Waals surface area contributed by atoms with Crippen LogP contribution in [0.3, 0.4) is 0 Å². The van der Waals surface area contributed by atoms with Gasteiger partial charge in [0, 0.05) is 11.8 Å². The smallest absolute Gasteiger partial charge is 0.224 e. The van der Waals surface area contributed by atoms with Gasteiger partial charge in [0.05, 0.1) is 5.69 Å². The molecule has 1 aromatic rings. The molecule has 1 amide bonds. The molecule has 0 saturated carbocycles. The number of thiophene rings is 1.